The van der Waals surface area contributed by atoms with Crippen molar-refractivity contribution in [3.8, 4) is 5.69 Å². The highest BCUT2D eigenvalue weighted by molar-refractivity contribution is 6.41. The van der Waals surface area contributed by atoms with E-state index in [0.717, 1.165) is 11.1 Å². The van der Waals surface area contributed by atoms with Crippen LogP contribution in [0.15, 0.2) is 73.1 Å². The van der Waals surface area contributed by atoms with Crippen LogP contribution >= 0.6 is 11.6 Å². The number of aromatic nitrogens is 5. The van der Waals surface area contributed by atoms with Crippen molar-refractivity contribution in [3.05, 3.63) is 89.3 Å². The summed E-state index contributed by atoms with van der Waals surface area (Å²) in [5.41, 5.74) is 8.88. The molecule has 1 saturated heterocycles. The van der Waals surface area contributed by atoms with Gasteiger partial charge in [0.2, 0.25) is 5.91 Å². The van der Waals surface area contributed by atoms with Crippen molar-refractivity contribution in [1.29, 1.82) is 0 Å². The Balaban J connectivity index is 1.28. The quantitative estimate of drug-likeness (QED) is 0.140. The number of amides is 3. The summed E-state index contributed by atoms with van der Waals surface area (Å²) < 4.78 is 8.65. The maximum absolute atomic E-state index is 14.0. The van der Waals surface area contributed by atoms with Crippen LogP contribution in [0, 0.1) is 0 Å². The zero-order valence-corrected chi connectivity index (χ0v) is 28.0. The van der Waals surface area contributed by atoms with Crippen LogP contribution in [-0.2, 0) is 32.6 Å². The number of nitrogens with one attached hydrogen (secondary N) is 1. The Morgan fingerprint density at radius 1 is 0.980 bits per heavy atom. The molecule has 0 spiro atoms. The van der Waals surface area contributed by atoms with E-state index in [0.29, 0.717) is 38.9 Å². The monoisotopic (exact) mass is 683 g/mol. The van der Waals surface area contributed by atoms with Gasteiger partial charge in [0.25, 0.3) is 0 Å². The van der Waals surface area contributed by atoms with Crippen LogP contribution in [0.3, 0.4) is 0 Å². The number of hydrogen-bond acceptors (Lipinski definition) is 9. The highest BCUT2D eigenvalue weighted by Crippen LogP contribution is 2.30. The Kier molecular flexibility index (Phi) is 8.82. The first-order chi connectivity index (χ1) is 23.3. The van der Waals surface area contributed by atoms with Crippen molar-refractivity contribution in [2.45, 2.75) is 38.8 Å². The highest BCUT2D eigenvalue weighted by atomic mass is 35.5. The molecule has 3 heterocycles. The minimum atomic E-state index is -1.05. The topological polar surface area (TPSA) is 171 Å². The molecular weight excluding hydrogens is 650 g/mol. The maximum atomic E-state index is 14.0. The molecule has 0 saturated carbocycles. The molecule has 1 atom stereocenters. The third kappa shape index (κ3) is 6.94. The number of hydrogen-bond donors (Lipinski definition) is 2. The van der Waals surface area contributed by atoms with E-state index >= 15 is 0 Å². The molecule has 15 heteroatoms. The van der Waals surface area contributed by atoms with Crippen LogP contribution < -0.4 is 16.0 Å². The molecule has 1 fully saturated rings. The number of carbonyl (C=O) groups is 4. The average molecular weight is 684 g/mol. The fourth-order valence-corrected chi connectivity index (χ4v) is 5.92. The number of benzene rings is 3. The molecule has 0 bridgehead atoms. The zero-order valence-electron chi connectivity index (χ0n) is 27.3. The number of nitrogen functional groups attached to an aromatic ring is 1. The number of ether oxygens (including phenoxy) is 1. The first-order valence-electron chi connectivity index (χ1n) is 15.4. The third-order valence-electron chi connectivity index (χ3n) is 8.08. The van der Waals surface area contributed by atoms with Gasteiger partial charge in [-0.15, -0.1) is 5.10 Å². The largest absolute Gasteiger partial charge is 0.455 e. The first kappa shape index (κ1) is 33.2. The van der Waals surface area contributed by atoms with Gasteiger partial charge >= 0.3 is 17.8 Å². The SMILES string of the molecule is Cn1c(C(=O)OC(C)(C)C)cc2cc(NC(=O)C(Cc3ccc(N)cc3)N3CCN(c4cc(Cl)ccc4-n4cnnn4)C(=O)C3=O)ccc21. The minimum absolute atomic E-state index is 0.0517. The van der Waals surface area contributed by atoms with Crippen LogP contribution in [0.1, 0.15) is 36.8 Å². The number of tetrazole rings is 1. The van der Waals surface area contributed by atoms with E-state index in [1.165, 1.54) is 20.8 Å². The van der Waals surface area contributed by atoms with Gasteiger partial charge < -0.3 is 30.2 Å². The summed E-state index contributed by atoms with van der Waals surface area (Å²) in [7, 11) is 1.76. The maximum Gasteiger partial charge on any atom is 0.355 e. The molecule has 3 aromatic carbocycles. The second-order valence-electron chi connectivity index (χ2n) is 12.7. The van der Waals surface area contributed by atoms with E-state index in [-0.39, 0.29) is 19.5 Å². The van der Waals surface area contributed by atoms with Crippen LogP contribution in [0.4, 0.5) is 17.1 Å². The summed E-state index contributed by atoms with van der Waals surface area (Å²) in [5.74, 6) is -2.65. The Morgan fingerprint density at radius 2 is 1.73 bits per heavy atom. The molecule has 2 aromatic heterocycles. The van der Waals surface area contributed by atoms with Crippen molar-refractivity contribution < 1.29 is 23.9 Å². The minimum Gasteiger partial charge on any atom is -0.455 e. The Hall–Kier alpha value is -5.76. The molecule has 1 unspecified atom stereocenters. The first-order valence-corrected chi connectivity index (χ1v) is 15.8. The number of nitrogens with two attached hydrogens (primary N) is 1. The van der Waals surface area contributed by atoms with Crippen molar-refractivity contribution in [3.63, 3.8) is 0 Å². The summed E-state index contributed by atoms with van der Waals surface area (Å²) in [4.78, 5) is 57.0. The highest BCUT2D eigenvalue weighted by Gasteiger charge is 2.40. The molecule has 1 aliphatic rings. The lowest BCUT2D eigenvalue weighted by Crippen LogP contribution is -2.60. The van der Waals surface area contributed by atoms with Crippen molar-refractivity contribution in [1.82, 2.24) is 29.7 Å². The van der Waals surface area contributed by atoms with Crippen LogP contribution in [0.25, 0.3) is 16.6 Å². The number of esters is 1. The van der Waals surface area contributed by atoms with Gasteiger partial charge in [0, 0.05) is 53.9 Å². The summed E-state index contributed by atoms with van der Waals surface area (Å²) in [5, 5.41) is 15.2. The van der Waals surface area contributed by atoms with Gasteiger partial charge in [-0.2, -0.15) is 4.68 Å². The van der Waals surface area contributed by atoms with Crippen molar-refractivity contribution in [2.75, 3.05) is 29.0 Å². The van der Waals surface area contributed by atoms with Crippen LogP contribution in [0.5, 0.6) is 0 Å². The lowest BCUT2D eigenvalue weighted by atomic mass is 10.0. The molecule has 1 aliphatic heterocycles. The van der Waals surface area contributed by atoms with Gasteiger partial charge in [-0.25, -0.2) is 4.79 Å². The van der Waals surface area contributed by atoms with Crippen molar-refractivity contribution in [2.24, 2.45) is 7.05 Å². The number of rotatable bonds is 8. The number of aryl methyl sites for hydroxylation is 1. The van der Waals surface area contributed by atoms with Gasteiger partial charge in [0.15, 0.2) is 0 Å². The Morgan fingerprint density at radius 3 is 2.43 bits per heavy atom. The fraction of sp³-hybridized carbons (Fsp3) is 0.265. The summed E-state index contributed by atoms with van der Waals surface area (Å²) in [6.07, 6.45) is 1.49. The number of carbonyl (C=O) groups excluding carboxylic acids is 4. The number of fused-ring (bicyclic) bond motifs is 1. The zero-order chi connectivity index (χ0) is 35.0. The van der Waals surface area contributed by atoms with Gasteiger partial charge in [-0.05, 0) is 91.4 Å². The summed E-state index contributed by atoms with van der Waals surface area (Å²) >= 11 is 6.29. The summed E-state index contributed by atoms with van der Waals surface area (Å²) in [6, 6.07) is 17.7. The summed E-state index contributed by atoms with van der Waals surface area (Å²) in [6.45, 7) is 5.52. The molecule has 0 radical (unpaired) electrons. The van der Waals surface area contributed by atoms with E-state index in [1.807, 2.05) is 0 Å². The molecular formula is C34H34ClN9O5. The normalized spacial score (nSPS) is 14.3. The van der Waals surface area contributed by atoms with E-state index in [4.69, 9.17) is 22.1 Å². The second kappa shape index (κ2) is 13.0. The molecule has 6 rings (SSSR count). The molecule has 14 nitrogen and oxygen atoms in total. The van der Waals surface area contributed by atoms with E-state index < -0.39 is 35.3 Å². The average Bonchev–Trinajstić information content (AvgIpc) is 3.70. The van der Waals surface area contributed by atoms with Gasteiger partial charge in [0.1, 0.15) is 23.7 Å². The molecule has 3 amide bonds. The predicted octanol–water partition coefficient (Wildman–Crippen LogP) is 3.77. The predicted molar refractivity (Wildman–Crippen MR) is 183 cm³/mol. The molecule has 5 aromatic rings. The fourth-order valence-electron chi connectivity index (χ4n) is 5.75. The lowest BCUT2D eigenvalue weighted by Gasteiger charge is -2.38. The van der Waals surface area contributed by atoms with Crippen molar-refractivity contribution >= 4 is 63.3 Å². The number of piperazine rings is 1. The molecule has 49 heavy (non-hydrogen) atoms. The third-order valence-corrected chi connectivity index (χ3v) is 8.32. The number of nitrogens with zero attached hydrogens (tertiary/aromatic N) is 7. The van der Waals surface area contributed by atoms with E-state index in [2.05, 4.69) is 20.8 Å². The standard InChI is InChI=1S/C34H34ClN9O5/c1-34(2,3)49-33(48)29-17-21-16-24(10-12-25(21)41(29)4)38-30(45)28(15-20-5-8-23(36)9-6-20)43-14-13-42(31(46)32(43)47)27-18-22(35)7-11-26(27)44-19-37-39-40-44/h5-12,16-19,28H,13-15,36H2,1-4H3,(H,38,45). The Labute approximate surface area is 286 Å². The molecule has 252 valence electrons. The number of anilines is 3. The second-order valence-corrected chi connectivity index (χ2v) is 13.1. The smallest absolute Gasteiger partial charge is 0.355 e. The van der Waals surface area contributed by atoms with Crippen LogP contribution in [-0.4, -0.2) is 78.1 Å². The van der Waals surface area contributed by atoms with E-state index in [1.54, 1.807) is 99.1 Å². The Bertz CT molecular complexity index is 2070. The van der Waals surface area contributed by atoms with E-state index in [9.17, 15) is 19.2 Å². The van der Waals surface area contributed by atoms with Gasteiger partial charge in [-0.3, -0.25) is 14.4 Å². The lowest BCUT2D eigenvalue weighted by molar-refractivity contribution is -0.149. The molecule has 3 N–H and O–H groups in total. The van der Waals surface area contributed by atoms with Gasteiger partial charge in [0.05, 0.1) is 11.4 Å². The number of halogens is 1. The van der Waals surface area contributed by atoms with Crippen LogP contribution in [0.2, 0.25) is 5.02 Å². The van der Waals surface area contributed by atoms with Gasteiger partial charge in [-0.1, -0.05) is 23.7 Å². The molecule has 0 aliphatic carbocycles.